The molecule has 5 N–H and O–H groups in total. The second kappa shape index (κ2) is 9.29. The Morgan fingerprint density at radius 2 is 1.49 bits per heavy atom. The van der Waals surface area contributed by atoms with Crippen LogP contribution in [0.4, 0.5) is 5.69 Å². The maximum atomic E-state index is 13.0. The lowest BCUT2D eigenvalue weighted by Crippen LogP contribution is -2.13. The van der Waals surface area contributed by atoms with Gasteiger partial charge in [-0.15, -0.1) is 0 Å². The number of fused-ring (bicyclic) bond motifs is 2. The van der Waals surface area contributed by atoms with Crippen molar-refractivity contribution in [3.8, 4) is 11.5 Å². The third-order valence-electron chi connectivity index (χ3n) is 5.84. The second-order valence-corrected chi connectivity index (χ2v) is 10.1. The zero-order chi connectivity index (χ0) is 26.2. The van der Waals surface area contributed by atoms with Gasteiger partial charge in [0.1, 0.15) is 22.9 Å². The quantitative estimate of drug-likeness (QED) is 0.166. The Morgan fingerprint density at radius 1 is 0.811 bits per heavy atom. The standard InChI is InChI=1S/C28H21N3O5S/c29-27(30)21-6-5-20-14-23(10-7-19(20)13-21)36-26-12-9-22(16-25(26)28(32)33)31-37(34,35)24-11-8-17-3-1-2-4-18(17)15-24/h1-16,31H,(H3,29,30)(H,32,33). The summed E-state index contributed by atoms with van der Waals surface area (Å²) in [5.41, 5.74) is 6.03. The van der Waals surface area contributed by atoms with Crippen molar-refractivity contribution in [2.24, 2.45) is 5.73 Å². The van der Waals surface area contributed by atoms with E-state index in [1.807, 2.05) is 24.3 Å². The van der Waals surface area contributed by atoms with Crippen LogP contribution in [0.25, 0.3) is 21.5 Å². The van der Waals surface area contributed by atoms with Gasteiger partial charge in [0.25, 0.3) is 10.0 Å². The first kappa shape index (κ1) is 23.8. The van der Waals surface area contributed by atoms with E-state index in [9.17, 15) is 18.3 Å². The Balaban J connectivity index is 1.42. The summed E-state index contributed by atoms with van der Waals surface area (Å²) in [6.07, 6.45) is 0. The van der Waals surface area contributed by atoms with Crippen LogP contribution in [0.15, 0.2) is 102 Å². The largest absolute Gasteiger partial charge is 0.478 e. The van der Waals surface area contributed by atoms with Gasteiger partial charge in [0.05, 0.1) is 4.90 Å². The van der Waals surface area contributed by atoms with Gasteiger partial charge in [0, 0.05) is 11.3 Å². The molecule has 5 rings (SSSR count). The van der Waals surface area contributed by atoms with Crippen molar-refractivity contribution in [3.63, 3.8) is 0 Å². The zero-order valence-electron chi connectivity index (χ0n) is 19.3. The van der Waals surface area contributed by atoms with Gasteiger partial charge < -0.3 is 15.6 Å². The van der Waals surface area contributed by atoms with Crippen LogP contribution in [0, 0.1) is 5.41 Å². The Labute approximate surface area is 212 Å². The smallest absolute Gasteiger partial charge is 0.339 e. The molecular weight excluding hydrogens is 490 g/mol. The number of sulfonamides is 1. The fourth-order valence-electron chi connectivity index (χ4n) is 3.98. The predicted octanol–water partition coefficient (Wildman–Crippen LogP) is 5.57. The molecule has 0 saturated heterocycles. The molecule has 5 aromatic rings. The Bertz CT molecular complexity index is 1820. The lowest BCUT2D eigenvalue weighted by Gasteiger charge is -2.13. The summed E-state index contributed by atoms with van der Waals surface area (Å²) in [6.45, 7) is 0. The molecule has 184 valence electrons. The number of hydrogen-bond donors (Lipinski definition) is 4. The fourth-order valence-corrected chi connectivity index (χ4v) is 5.06. The number of hydrogen-bond acceptors (Lipinski definition) is 5. The van der Waals surface area contributed by atoms with Crippen LogP contribution < -0.4 is 15.2 Å². The van der Waals surface area contributed by atoms with Crippen LogP contribution in [0.5, 0.6) is 11.5 Å². The van der Waals surface area contributed by atoms with Crippen LogP contribution in [0.2, 0.25) is 0 Å². The topological polar surface area (TPSA) is 143 Å². The van der Waals surface area contributed by atoms with E-state index in [1.165, 1.54) is 24.3 Å². The van der Waals surface area contributed by atoms with Crippen molar-refractivity contribution in [1.82, 2.24) is 0 Å². The molecule has 0 fully saturated rings. The number of nitrogens with one attached hydrogen (secondary N) is 2. The number of nitrogens with two attached hydrogens (primary N) is 1. The molecule has 0 heterocycles. The highest BCUT2D eigenvalue weighted by Gasteiger charge is 2.18. The van der Waals surface area contributed by atoms with Crippen molar-refractivity contribution in [2.45, 2.75) is 4.90 Å². The van der Waals surface area contributed by atoms with E-state index in [0.29, 0.717) is 11.3 Å². The molecule has 0 saturated carbocycles. The van der Waals surface area contributed by atoms with Gasteiger partial charge in [-0.3, -0.25) is 10.1 Å². The van der Waals surface area contributed by atoms with Crippen molar-refractivity contribution in [3.05, 3.63) is 108 Å². The molecule has 0 bridgehead atoms. The van der Waals surface area contributed by atoms with Crippen LogP contribution in [0.3, 0.4) is 0 Å². The summed E-state index contributed by atoms with van der Waals surface area (Å²) in [6, 6.07) is 26.7. The number of aromatic carboxylic acids is 1. The van der Waals surface area contributed by atoms with Crippen LogP contribution >= 0.6 is 0 Å². The number of nitrogen functional groups attached to an aromatic ring is 1. The molecule has 0 aromatic heterocycles. The molecule has 0 amide bonds. The normalized spacial score (nSPS) is 11.4. The average Bonchev–Trinajstić information content (AvgIpc) is 2.88. The van der Waals surface area contributed by atoms with Gasteiger partial charge in [-0.2, -0.15) is 0 Å². The molecule has 0 unspecified atom stereocenters. The third-order valence-corrected chi connectivity index (χ3v) is 7.22. The molecule has 5 aromatic carbocycles. The highest BCUT2D eigenvalue weighted by atomic mass is 32.2. The minimum absolute atomic E-state index is 0.0374. The summed E-state index contributed by atoms with van der Waals surface area (Å²) < 4.78 is 34.3. The Morgan fingerprint density at radius 3 is 2.24 bits per heavy atom. The van der Waals surface area contributed by atoms with Crippen molar-refractivity contribution in [2.75, 3.05) is 4.72 Å². The number of carboxylic acids is 1. The lowest BCUT2D eigenvalue weighted by atomic mass is 10.1. The van der Waals surface area contributed by atoms with Gasteiger partial charge >= 0.3 is 5.97 Å². The number of ether oxygens (including phenoxy) is 1. The Hall–Kier alpha value is -4.89. The number of carbonyl (C=O) groups is 1. The number of rotatable bonds is 7. The van der Waals surface area contributed by atoms with Crippen LogP contribution in [-0.4, -0.2) is 25.3 Å². The summed E-state index contributed by atoms with van der Waals surface area (Å²) in [7, 11) is -3.96. The van der Waals surface area contributed by atoms with Crippen molar-refractivity contribution in [1.29, 1.82) is 5.41 Å². The molecule has 0 spiro atoms. The zero-order valence-corrected chi connectivity index (χ0v) is 20.1. The van der Waals surface area contributed by atoms with E-state index >= 15 is 0 Å². The highest BCUT2D eigenvalue weighted by Crippen LogP contribution is 2.31. The number of benzene rings is 5. The van der Waals surface area contributed by atoms with Crippen LogP contribution in [-0.2, 0) is 10.0 Å². The predicted molar refractivity (Wildman–Crippen MR) is 143 cm³/mol. The molecular formula is C28H21N3O5S. The summed E-state index contributed by atoms with van der Waals surface area (Å²) in [5.74, 6) is -0.853. The third kappa shape index (κ3) is 4.93. The molecule has 0 aliphatic rings. The first-order valence-electron chi connectivity index (χ1n) is 11.1. The van der Waals surface area contributed by atoms with Gasteiger partial charge in [0.2, 0.25) is 0 Å². The molecule has 0 atom stereocenters. The summed E-state index contributed by atoms with van der Waals surface area (Å²) in [5, 5.41) is 20.7. The fraction of sp³-hybridized carbons (Fsp3) is 0. The SMILES string of the molecule is N=C(N)c1ccc2cc(Oc3ccc(NS(=O)(=O)c4ccc5ccccc5c4)cc3C(=O)O)ccc2c1. The molecule has 9 heteroatoms. The number of anilines is 1. The van der Waals surface area contributed by atoms with E-state index in [2.05, 4.69) is 4.72 Å². The van der Waals surface area contributed by atoms with E-state index in [4.69, 9.17) is 15.9 Å². The lowest BCUT2D eigenvalue weighted by molar-refractivity contribution is 0.0694. The summed E-state index contributed by atoms with van der Waals surface area (Å²) in [4.78, 5) is 12.0. The molecule has 0 aliphatic heterocycles. The maximum absolute atomic E-state index is 13.0. The van der Waals surface area contributed by atoms with E-state index in [-0.39, 0.29) is 27.7 Å². The van der Waals surface area contributed by atoms with E-state index < -0.39 is 16.0 Å². The van der Waals surface area contributed by atoms with Crippen molar-refractivity contribution < 1.29 is 23.1 Å². The van der Waals surface area contributed by atoms with Gasteiger partial charge in [-0.05, 0) is 70.1 Å². The first-order valence-corrected chi connectivity index (χ1v) is 12.6. The average molecular weight is 512 g/mol. The molecule has 37 heavy (non-hydrogen) atoms. The minimum atomic E-state index is -3.96. The Kier molecular flexibility index (Phi) is 5.98. The molecule has 0 aliphatic carbocycles. The van der Waals surface area contributed by atoms with Crippen LogP contribution in [0.1, 0.15) is 15.9 Å². The van der Waals surface area contributed by atoms with Gasteiger partial charge in [-0.1, -0.05) is 48.5 Å². The summed E-state index contributed by atoms with van der Waals surface area (Å²) >= 11 is 0. The number of carboxylic acid groups (broad SMARTS) is 1. The highest BCUT2D eigenvalue weighted by molar-refractivity contribution is 7.92. The first-order chi connectivity index (χ1) is 17.7. The van der Waals surface area contributed by atoms with E-state index in [1.54, 1.807) is 48.5 Å². The molecule has 0 radical (unpaired) electrons. The van der Waals surface area contributed by atoms with Crippen molar-refractivity contribution >= 4 is 49.1 Å². The maximum Gasteiger partial charge on any atom is 0.339 e. The molecule has 8 nitrogen and oxygen atoms in total. The van der Waals surface area contributed by atoms with E-state index in [0.717, 1.165) is 21.5 Å². The van der Waals surface area contributed by atoms with Gasteiger partial charge in [-0.25, -0.2) is 13.2 Å². The second-order valence-electron chi connectivity index (χ2n) is 8.37. The number of amidine groups is 1. The monoisotopic (exact) mass is 511 g/mol. The minimum Gasteiger partial charge on any atom is -0.478 e. The van der Waals surface area contributed by atoms with Gasteiger partial charge in [0.15, 0.2) is 0 Å².